The first kappa shape index (κ1) is 29.8. The summed E-state index contributed by atoms with van der Waals surface area (Å²) in [7, 11) is 3.83. The van der Waals surface area contributed by atoms with Crippen molar-refractivity contribution in [1.29, 1.82) is 0 Å². The van der Waals surface area contributed by atoms with E-state index in [2.05, 4.69) is 26.8 Å². The molecule has 2 aromatic rings. The highest BCUT2D eigenvalue weighted by atomic mass is 35.5. The molecule has 0 aliphatic carbocycles. The molecule has 7 nitrogen and oxygen atoms in total. The number of aromatic nitrogens is 2. The lowest BCUT2D eigenvalue weighted by atomic mass is 10.1. The number of hydrogen-bond donors (Lipinski definition) is 2. The van der Waals surface area contributed by atoms with Crippen LogP contribution in [0.15, 0.2) is 29.4 Å². The fourth-order valence-corrected chi connectivity index (χ4v) is 4.09. The summed E-state index contributed by atoms with van der Waals surface area (Å²) in [6.07, 6.45) is 1.65. The van der Waals surface area contributed by atoms with Crippen molar-refractivity contribution in [3.05, 3.63) is 35.4 Å². The van der Waals surface area contributed by atoms with Crippen molar-refractivity contribution in [2.24, 2.45) is 0 Å². The molecule has 1 aromatic heterocycles. The number of para-hydroxylation sites is 1. The number of thioether (sulfide) groups is 1. The fourth-order valence-electron chi connectivity index (χ4n) is 3.31. The quantitative estimate of drug-likeness (QED) is 0.317. The molecule has 1 aliphatic rings. The first-order valence-corrected chi connectivity index (χ1v) is 10.6. The third-order valence-corrected chi connectivity index (χ3v) is 5.99. The average Bonchev–Trinajstić information content (AvgIpc) is 2.69. The van der Waals surface area contributed by atoms with Gasteiger partial charge in [0.2, 0.25) is 0 Å². The number of hydrogen-bond acceptors (Lipinski definition) is 8. The van der Waals surface area contributed by atoms with Gasteiger partial charge in [-0.1, -0.05) is 30.0 Å². The number of nitrogens with zero attached hydrogens (tertiary/aromatic N) is 4. The molecule has 1 aliphatic heterocycles. The molecule has 1 fully saturated rings. The minimum atomic E-state index is 0. The molecule has 11 heteroatoms. The highest BCUT2D eigenvalue weighted by Crippen LogP contribution is 2.27. The van der Waals surface area contributed by atoms with E-state index < -0.39 is 0 Å². The lowest BCUT2D eigenvalue weighted by Gasteiger charge is -2.32. The Morgan fingerprint density at radius 3 is 2.23 bits per heavy atom. The topological polar surface area (TPSA) is 93.5 Å². The van der Waals surface area contributed by atoms with Crippen molar-refractivity contribution < 1.29 is 4.74 Å². The summed E-state index contributed by atoms with van der Waals surface area (Å²) in [4.78, 5) is 13.8. The summed E-state index contributed by atoms with van der Waals surface area (Å²) in [5.41, 5.74) is 14.2. The molecule has 1 saturated heterocycles. The number of rotatable bonds is 8. The molecule has 176 valence electrons. The smallest absolute Gasteiger partial charge is 0.191 e. The Balaban J connectivity index is 0.00000300. The second-order valence-electron chi connectivity index (χ2n) is 7.09. The van der Waals surface area contributed by atoms with Crippen LogP contribution in [0.2, 0.25) is 0 Å². The Hall–Kier alpha value is -1.16. The SMILES string of the molecule is COc1ccccc1Cc1c(N)nc(SCCCN2CCN(C)CC2)nc1N.Cl.Cl.Cl. The predicted octanol–water partition coefficient (Wildman–Crippen LogP) is 3.24. The molecule has 3 rings (SSSR count). The summed E-state index contributed by atoms with van der Waals surface area (Å²) in [6, 6.07) is 7.83. The van der Waals surface area contributed by atoms with Gasteiger partial charge in [0.15, 0.2) is 5.16 Å². The maximum atomic E-state index is 6.20. The van der Waals surface area contributed by atoms with Gasteiger partial charge < -0.3 is 26.0 Å². The monoisotopic (exact) mass is 510 g/mol. The fraction of sp³-hybridized carbons (Fsp3) is 0.500. The van der Waals surface area contributed by atoms with Gasteiger partial charge in [-0.05, 0) is 31.6 Å². The van der Waals surface area contributed by atoms with Crippen LogP contribution in [0.1, 0.15) is 17.5 Å². The Bertz CT molecular complexity index is 770. The molecular weight excluding hydrogens is 479 g/mol. The average molecular weight is 512 g/mol. The number of nitrogen functional groups attached to an aromatic ring is 2. The van der Waals surface area contributed by atoms with Gasteiger partial charge in [0, 0.05) is 43.9 Å². The molecule has 1 aromatic carbocycles. The maximum Gasteiger partial charge on any atom is 0.191 e. The second kappa shape index (κ2) is 14.8. The van der Waals surface area contributed by atoms with Gasteiger partial charge in [-0.3, -0.25) is 0 Å². The van der Waals surface area contributed by atoms with E-state index in [1.807, 2.05) is 24.3 Å². The Morgan fingerprint density at radius 2 is 1.61 bits per heavy atom. The van der Waals surface area contributed by atoms with Gasteiger partial charge in [-0.15, -0.1) is 37.2 Å². The van der Waals surface area contributed by atoms with Crippen LogP contribution in [0.3, 0.4) is 0 Å². The largest absolute Gasteiger partial charge is 0.496 e. The van der Waals surface area contributed by atoms with Crippen LogP contribution in [0.5, 0.6) is 5.75 Å². The molecule has 0 saturated carbocycles. The van der Waals surface area contributed by atoms with Crippen LogP contribution in [-0.2, 0) is 6.42 Å². The van der Waals surface area contributed by atoms with Crippen LogP contribution in [0.25, 0.3) is 0 Å². The zero-order valence-electron chi connectivity index (χ0n) is 18.0. The number of anilines is 2. The van der Waals surface area contributed by atoms with Gasteiger partial charge in [0.1, 0.15) is 17.4 Å². The predicted molar refractivity (Wildman–Crippen MR) is 138 cm³/mol. The summed E-state index contributed by atoms with van der Waals surface area (Å²) >= 11 is 1.62. The Morgan fingerprint density at radius 1 is 1.00 bits per heavy atom. The highest BCUT2D eigenvalue weighted by molar-refractivity contribution is 7.99. The van der Waals surface area contributed by atoms with Crippen LogP contribution in [0.4, 0.5) is 11.6 Å². The summed E-state index contributed by atoms with van der Waals surface area (Å²) < 4.78 is 5.41. The Labute approximate surface area is 207 Å². The molecule has 0 unspecified atom stereocenters. The summed E-state index contributed by atoms with van der Waals surface area (Å²) in [5.74, 6) is 2.65. The molecule has 4 N–H and O–H groups in total. The van der Waals surface area contributed by atoms with E-state index in [-0.39, 0.29) is 37.2 Å². The summed E-state index contributed by atoms with van der Waals surface area (Å²) in [6.45, 7) is 5.70. The van der Waals surface area contributed by atoms with Gasteiger partial charge in [-0.25, -0.2) is 9.97 Å². The van der Waals surface area contributed by atoms with Crippen LogP contribution in [-0.4, -0.2) is 72.4 Å². The maximum absolute atomic E-state index is 6.20. The molecule has 0 amide bonds. The third-order valence-electron chi connectivity index (χ3n) is 5.06. The van der Waals surface area contributed by atoms with Crippen molar-refractivity contribution in [3.63, 3.8) is 0 Å². The van der Waals surface area contributed by atoms with E-state index in [1.165, 1.54) is 0 Å². The van der Waals surface area contributed by atoms with E-state index in [9.17, 15) is 0 Å². The zero-order chi connectivity index (χ0) is 19.9. The molecule has 0 bridgehead atoms. The molecule has 0 spiro atoms. The van der Waals surface area contributed by atoms with Gasteiger partial charge in [0.05, 0.1) is 7.11 Å². The van der Waals surface area contributed by atoms with Gasteiger partial charge >= 0.3 is 0 Å². The van der Waals surface area contributed by atoms with E-state index in [0.29, 0.717) is 23.2 Å². The van der Waals surface area contributed by atoms with E-state index in [1.54, 1.807) is 18.9 Å². The van der Waals surface area contributed by atoms with E-state index in [4.69, 9.17) is 16.2 Å². The standard InChI is InChI=1S/C20H30N6OS.3ClH/c1-25-9-11-26(12-10-25)8-5-13-28-20-23-18(21)16(19(22)24-20)14-15-6-3-4-7-17(15)27-2;;;/h3-4,6-7H,5,8-14H2,1-2H3,(H4,21,22,23,24);3*1H. The highest BCUT2D eigenvalue weighted by Gasteiger charge is 2.15. The number of benzene rings is 1. The van der Waals surface area contributed by atoms with Crippen molar-refractivity contribution >= 4 is 60.6 Å². The molecule has 31 heavy (non-hydrogen) atoms. The number of piperazine rings is 1. The molecule has 2 heterocycles. The molecular formula is C20H33Cl3N6OS. The molecule has 0 radical (unpaired) electrons. The van der Waals surface area contributed by atoms with Crippen LogP contribution < -0.4 is 16.2 Å². The van der Waals surface area contributed by atoms with Crippen LogP contribution in [0, 0.1) is 0 Å². The van der Waals surface area contributed by atoms with E-state index in [0.717, 1.165) is 61.8 Å². The summed E-state index contributed by atoms with van der Waals surface area (Å²) in [5, 5.41) is 0.650. The number of halogens is 3. The lowest BCUT2D eigenvalue weighted by Crippen LogP contribution is -2.44. The van der Waals surface area contributed by atoms with Crippen molar-refractivity contribution in [1.82, 2.24) is 19.8 Å². The first-order chi connectivity index (χ1) is 13.6. The first-order valence-electron chi connectivity index (χ1n) is 9.64. The third kappa shape index (κ3) is 8.71. The second-order valence-corrected chi connectivity index (χ2v) is 8.15. The zero-order valence-corrected chi connectivity index (χ0v) is 21.2. The van der Waals surface area contributed by atoms with E-state index >= 15 is 0 Å². The lowest BCUT2D eigenvalue weighted by molar-refractivity contribution is 0.154. The van der Waals surface area contributed by atoms with Gasteiger partial charge in [0.25, 0.3) is 0 Å². The van der Waals surface area contributed by atoms with Crippen LogP contribution >= 0.6 is 49.0 Å². The van der Waals surface area contributed by atoms with Crippen molar-refractivity contribution in [2.75, 3.05) is 64.1 Å². The number of methoxy groups -OCH3 is 1. The number of likely N-dealkylation sites (N-methyl/N-ethyl adjacent to an activating group) is 1. The number of nitrogens with two attached hydrogens (primary N) is 2. The van der Waals surface area contributed by atoms with Crippen molar-refractivity contribution in [3.8, 4) is 5.75 Å². The molecule has 0 atom stereocenters. The minimum absolute atomic E-state index is 0. The van der Waals surface area contributed by atoms with Crippen molar-refractivity contribution in [2.45, 2.75) is 18.0 Å². The number of ether oxygens (including phenoxy) is 1. The Kier molecular flexibility index (Phi) is 14.3. The van der Waals surface area contributed by atoms with Gasteiger partial charge in [-0.2, -0.15) is 0 Å². The normalized spacial score (nSPS) is 14.1. The minimum Gasteiger partial charge on any atom is -0.496 e.